The normalized spacial score (nSPS) is 18.5. The molecule has 2 aromatic carbocycles. The number of fused-ring (bicyclic) bond motifs is 2. The van der Waals surface area contributed by atoms with Crippen molar-refractivity contribution in [2.24, 2.45) is 7.05 Å². The molecule has 126 valence electrons. The number of likely N-dealkylation sites (tertiary alicyclic amines) is 1. The van der Waals surface area contributed by atoms with Crippen LogP contribution in [0.3, 0.4) is 0 Å². The molecule has 0 spiro atoms. The zero-order valence-corrected chi connectivity index (χ0v) is 14.4. The van der Waals surface area contributed by atoms with Gasteiger partial charge in [-0.05, 0) is 37.2 Å². The molecule has 1 atom stereocenters. The van der Waals surface area contributed by atoms with Gasteiger partial charge in [-0.25, -0.2) is 4.98 Å². The highest BCUT2D eigenvalue weighted by atomic mass is 16.3. The minimum absolute atomic E-state index is 0.488. The molecule has 4 heteroatoms. The Bertz CT molecular complexity index is 1010. The maximum atomic E-state index is 5.98. The summed E-state index contributed by atoms with van der Waals surface area (Å²) in [6, 6.07) is 18.8. The average molecular weight is 331 g/mol. The quantitative estimate of drug-likeness (QED) is 0.561. The van der Waals surface area contributed by atoms with Crippen molar-refractivity contribution in [3.63, 3.8) is 0 Å². The first-order valence-corrected chi connectivity index (χ1v) is 8.89. The average Bonchev–Trinajstić information content (AvgIpc) is 3.32. The van der Waals surface area contributed by atoms with Crippen molar-refractivity contribution >= 4 is 22.0 Å². The number of hydrogen-bond acceptors (Lipinski definition) is 3. The van der Waals surface area contributed by atoms with Gasteiger partial charge in [-0.15, -0.1) is 0 Å². The van der Waals surface area contributed by atoms with Gasteiger partial charge in [-0.3, -0.25) is 4.90 Å². The molecule has 1 fully saturated rings. The maximum Gasteiger partial charge on any atom is 0.134 e. The zero-order valence-electron chi connectivity index (χ0n) is 14.4. The van der Waals surface area contributed by atoms with Crippen molar-refractivity contribution in [2.75, 3.05) is 13.1 Å². The minimum atomic E-state index is 0.488. The number of nitrogens with zero attached hydrogens (tertiary/aromatic N) is 3. The summed E-state index contributed by atoms with van der Waals surface area (Å²) in [5.74, 6) is 2.74. The SMILES string of the molecule is Cn1c(C2CCN(Cc3cc4ccccc4o3)C2)nc2ccccc21. The van der Waals surface area contributed by atoms with Gasteiger partial charge in [0, 0.05) is 24.9 Å². The molecule has 0 amide bonds. The number of aromatic nitrogens is 2. The van der Waals surface area contributed by atoms with Gasteiger partial charge < -0.3 is 8.98 Å². The van der Waals surface area contributed by atoms with Crippen molar-refractivity contribution in [3.05, 3.63) is 66.2 Å². The van der Waals surface area contributed by atoms with E-state index in [1.165, 1.54) is 16.7 Å². The molecule has 4 aromatic rings. The molecule has 1 unspecified atom stereocenters. The lowest BCUT2D eigenvalue weighted by Gasteiger charge is -2.14. The smallest absolute Gasteiger partial charge is 0.134 e. The van der Waals surface area contributed by atoms with E-state index in [0.717, 1.165) is 42.9 Å². The van der Waals surface area contributed by atoms with Crippen molar-refractivity contribution in [1.29, 1.82) is 0 Å². The Morgan fingerprint density at radius 3 is 2.84 bits per heavy atom. The van der Waals surface area contributed by atoms with Crippen LogP contribution in [-0.2, 0) is 13.6 Å². The predicted molar refractivity (Wildman–Crippen MR) is 99.6 cm³/mol. The second kappa shape index (κ2) is 5.74. The van der Waals surface area contributed by atoms with Crippen LogP contribution in [-0.4, -0.2) is 27.5 Å². The number of rotatable bonds is 3. The molecule has 1 aliphatic heterocycles. The minimum Gasteiger partial charge on any atom is -0.460 e. The number of aryl methyl sites for hydroxylation is 1. The molecule has 3 heterocycles. The molecule has 0 radical (unpaired) electrons. The lowest BCUT2D eigenvalue weighted by molar-refractivity contribution is 0.297. The third-order valence-corrected chi connectivity index (χ3v) is 5.32. The fourth-order valence-electron chi connectivity index (χ4n) is 4.05. The first-order chi connectivity index (χ1) is 12.3. The molecule has 1 saturated heterocycles. The van der Waals surface area contributed by atoms with Crippen LogP contribution in [0, 0.1) is 0 Å². The molecule has 0 N–H and O–H groups in total. The molecular weight excluding hydrogens is 310 g/mol. The van der Waals surface area contributed by atoms with E-state index < -0.39 is 0 Å². The van der Waals surface area contributed by atoms with Crippen molar-refractivity contribution in [1.82, 2.24) is 14.5 Å². The molecular formula is C21H21N3O. The summed E-state index contributed by atoms with van der Waals surface area (Å²) in [6.07, 6.45) is 1.15. The topological polar surface area (TPSA) is 34.2 Å². The predicted octanol–water partition coefficient (Wildman–Crippen LogP) is 4.31. The summed E-state index contributed by atoms with van der Waals surface area (Å²) in [4.78, 5) is 7.36. The van der Waals surface area contributed by atoms with Crippen LogP contribution in [0.25, 0.3) is 22.0 Å². The molecule has 2 aromatic heterocycles. The van der Waals surface area contributed by atoms with Crippen LogP contribution in [0.4, 0.5) is 0 Å². The maximum absolute atomic E-state index is 5.98. The molecule has 25 heavy (non-hydrogen) atoms. The van der Waals surface area contributed by atoms with Gasteiger partial charge in [0.15, 0.2) is 0 Å². The van der Waals surface area contributed by atoms with Crippen LogP contribution in [0.2, 0.25) is 0 Å². The summed E-state index contributed by atoms with van der Waals surface area (Å²) < 4.78 is 8.23. The molecule has 4 nitrogen and oxygen atoms in total. The molecule has 0 bridgehead atoms. The Balaban J connectivity index is 1.36. The summed E-state index contributed by atoms with van der Waals surface area (Å²) >= 11 is 0. The molecule has 0 saturated carbocycles. The van der Waals surface area contributed by atoms with Crippen LogP contribution < -0.4 is 0 Å². The Labute approximate surface area is 146 Å². The van der Waals surface area contributed by atoms with E-state index in [9.17, 15) is 0 Å². The van der Waals surface area contributed by atoms with Crippen LogP contribution >= 0.6 is 0 Å². The second-order valence-corrected chi connectivity index (χ2v) is 6.99. The Hall–Kier alpha value is -2.59. The number of para-hydroxylation sites is 3. The third kappa shape index (κ3) is 2.53. The summed E-state index contributed by atoms with van der Waals surface area (Å²) in [6.45, 7) is 2.99. The standard InChI is InChI=1S/C21H21N3O/c1-23-19-8-4-3-7-18(19)22-21(23)16-10-11-24(13-16)14-17-12-15-6-2-5-9-20(15)25-17/h2-9,12,16H,10-11,13-14H2,1H3. The van der Waals surface area contributed by atoms with E-state index in [0.29, 0.717) is 5.92 Å². The fraction of sp³-hybridized carbons (Fsp3) is 0.286. The summed E-state index contributed by atoms with van der Waals surface area (Å²) in [7, 11) is 2.13. The number of imidazole rings is 1. The highest BCUT2D eigenvalue weighted by molar-refractivity contribution is 5.77. The van der Waals surface area contributed by atoms with Gasteiger partial charge in [0.25, 0.3) is 0 Å². The lowest BCUT2D eigenvalue weighted by Crippen LogP contribution is -2.20. The highest BCUT2D eigenvalue weighted by Gasteiger charge is 2.28. The number of benzene rings is 2. The second-order valence-electron chi connectivity index (χ2n) is 6.99. The summed E-state index contributed by atoms with van der Waals surface area (Å²) in [5.41, 5.74) is 3.28. The Kier molecular flexibility index (Phi) is 3.38. The highest BCUT2D eigenvalue weighted by Crippen LogP contribution is 2.30. The lowest BCUT2D eigenvalue weighted by atomic mass is 10.1. The van der Waals surface area contributed by atoms with Gasteiger partial charge >= 0.3 is 0 Å². The van der Waals surface area contributed by atoms with Crippen molar-refractivity contribution in [3.8, 4) is 0 Å². The van der Waals surface area contributed by atoms with E-state index in [1.54, 1.807) is 0 Å². The van der Waals surface area contributed by atoms with Gasteiger partial charge in [-0.2, -0.15) is 0 Å². The van der Waals surface area contributed by atoms with Crippen molar-refractivity contribution in [2.45, 2.75) is 18.9 Å². The van der Waals surface area contributed by atoms with Gasteiger partial charge in [0.2, 0.25) is 0 Å². The van der Waals surface area contributed by atoms with E-state index >= 15 is 0 Å². The monoisotopic (exact) mass is 331 g/mol. The Morgan fingerprint density at radius 1 is 1.12 bits per heavy atom. The molecule has 0 aliphatic carbocycles. The van der Waals surface area contributed by atoms with E-state index in [1.807, 2.05) is 12.1 Å². The van der Waals surface area contributed by atoms with Gasteiger partial charge in [0.05, 0.1) is 17.6 Å². The van der Waals surface area contributed by atoms with Crippen molar-refractivity contribution < 1.29 is 4.42 Å². The number of furan rings is 1. The first-order valence-electron chi connectivity index (χ1n) is 8.89. The molecule has 5 rings (SSSR count). The van der Waals surface area contributed by atoms with Gasteiger partial charge in [-0.1, -0.05) is 30.3 Å². The van der Waals surface area contributed by atoms with E-state index in [4.69, 9.17) is 9.40 Å². The zero-order chi connectivity index (χ0) is 16.8. The fourth-order valence-corrected chi connectivity index (χ4v) is 4.05. The summed E-state index contributed by atoms with van der Waals surface area (Å²) in [5, 5.41) is 1.18. The van der Waals surface area contributed by atoms with E-state index in [-0.39, 0.29) is 0 Å². The van der Waals surface area contributed by atoms with Crippen LogP contribution in [0.1, 0.15) is 23.9 Å². The van der Waals surface area contributed by atoms with E-state index in [2.05, 4.69) is 59.0 Å². The van der Waals surface area contributed by atoms with Gasteiger partial charge in [0.1, 0.15) is 17.2 Å². The Morgan fingerprint density at radius 2 is 1.96 bits per heavy atom. The molecule has 1 aliphatic rings. The third-order valence-electron chi connectivity index (χ3n) is 5.32. The van der Waals surface area contributed by atoms with Crippen LogP contribution in [0.5, 0.6) is 0 Å². The van der Waals surface area contributed by atoms with Crippen LogP contribution in [0.15, 0.2) is 59.0 Å². The largest absolute Gasteiger partial charge is 0.460 e. The number of hydrogen-bond donors (Lipinski definition) is 0. The first kappa shape index (κ1) is 14.7.